The highest BCUT2D eigenvalue weighted by molar-refractivity contribution is 5.81. The van der Waals surface area contributed by atoms with Gasteiger partial charge in [0.15, 0.2) is 0 Å². The Morgan fingerprint density at radius 1 is 1.32 bits per heavy atom. The summed E-state index contributed by atoms with van der Waals surface area (Å²) in [5.74, 6) is 0.269. The molecule has 0 bridgehead atoms. The van der Waals surface area contributed by atoms with Crippen molar-refractivity contribution in [3.05, 3.63) is 29.3 Å². The molecule has 150 valence electrons. The van der Waals surface area contributed by atoms with E-state index in [4.69, 9.17) is 5.26 Å². The van der Waals surface area contributed by atoms with Crippen LogP contribution in [0.5, 0.6) is 0 Å². The molecule has 5 nitrogen and oxygen atoms in total. The number of carbonyl (C=O) groups excluding carboxylic acids is 1. The van der Waals surface area contributed by atoms with Crippen LogP contribution in [0.1, 0.15) is 30.4 Å². The zero-order chi connectivity index (χ0) is 20.1. The third-order valence-corrected chi connectivity index (χ3v) is 6.48. The second-order valence-corrected chi connectivity index (χ2v) is 8.25. The summed E-state index contributed by atoms with van der Waals surface area (Å²) in [6.07, 6.45) is -2.13. The van der Waals surface area contributed by atoms with Crippen LogP contribution >= 0.6 is 0 Å². The topological polar surface area (TPSA) is 67.6 Å². The van der Waals surface area contributed by atoms with E-state index in [-0.39, 0.29) is 35.3 Å². The van der Waals surface area contributed by atoms with E-state index in [1.807, 2.05) is 9.80 Å². The number of halogens is 3. The summed E-state index contributed by atoms with van der Waals surface area (Å²) < 4.78 is 39.9. The molecule has 1 aromatic rings. The molecule has 2 saturated heterocycles. The minimum Gasteiger partial charge on any atom is -0.396 e. The highest BCUT2D eigenvalue weighted by atomic mass is 19.4. The SMILES string of the molecule is N#Cc1ccc(N2CC[C@@]3(CO)CN(C(=O)C4CC4)C[C@H]3C2)cc1C(F)(F)F. The van der Waals surface area contributed by atoms with Crippen LogP contribution < -0.4 is 4.90 Å². The molecule has 1 saturated carbocycles. The van der Waals surface area contributed by atoms with Gasteiger partial charge >= 0.3 is 6.18 Å². The summed E-state index contributed by atoms with van der Waals surface area (Å²) in [7, 11) is 0. The number of piperidine rings is 1. The van der Waals surface area contributed by atoms with Gasteiger partial charge in [0.05, 0.1) is 23.8 Å². The maximum Gasteiger partial charge on any atom is 0.417 e. The van der Waals surface area contributed by atoms with E-state index in [1.165, 1.54) is 6.07 Å². The van der Waals surface area contributed by atoms with Crippen LogP contribution in [0.2, 0.25) is 0 Å². The molecule has 2 aliphatic heterocycles. The normalized spacial score (nSPS) is 27.5. The molecule has 3 fully saturated rings. The molecule has 0 spiro atoms. The van der Waals surface area contributed by atoms with Crippen LogP contribution in [0.15, 0.2) is 18.2 Å². The van der Waals surface area contributed by atoms with Crippen molar-refractivity contribution in [2.24, 2.45) is 17.3 Å². The average molecular weight is 393 g/mol. The molecule has 3 aliphatic rings. The third kappa shape index (κ3) is 3.22. The van der Waals surface area contributed by atoms with Crippen molar-refractivity contribution in [2.75, 3.05) is 37.7 Å². The Labute approximate surface area is 161 Å². The minimum atomic E-state index is -4.59. The molecule has 2 atom stereocenters. The second-order valence-electron chi connectivity index (χ2n) is 8.25. The lowest BCUT2D eigenvalue weighted by atomic mass is 9.73. The largest absolute Gasteiger partial charge is 0.417 e. The first kappa shape index (κ1) is 19.1. The molecule has 0 radical (unpaired) electrons. The molecule has 2 heterocycles. The number of amides is 1. The van der Waals surface area contributed by atoms with Gasteiger partial charge in [-0.25, -0.2) is 0 Å². The number of benzene rings is 1. The van der Waals surface area contributed by atoms with Gasteiger partial charge in [-0.1, -0.05) is 0 Å². The number of aliphatic hydroxyl groups excluding tert-OH is 1. The summed E-state index contributed by atoms with van der Waals surface area (Å²) in [5, 5.41) is 19.0. The molecule has 0 unspecified atom stereocenters. The first-order valence-electron chi connectivity index (χ1n) is 9.53. The number of hydrogen-bond acceptors (Lipinski definition) is 4. The second kappa shape index (κ2) is 6.66. The number of hydrogen-bond donors (Lipinski definition) is 1. The Balaban J connectivity index is 1.56. The maximum atomic E-state index is 13.3. The van der Waals surface area contributed by atoms with Gasteiger partial charge in [0, 0.05) is 49.1 Å². The van der Waals surface area contributed by atoms with E-state index in [1.54, 1.807) is 12.1 Å². The van der Waals surface area contributed by atoms with Crippen LogP contribution in [0, 0.1) is 28.6 Å². The number of alkyl halides is 3. The Kier molecular flexibility index (Phi) is 4.53. The van der Waals surface area contributed by atoms with Crippen molar-refractivity contribution in [3.63, 3.8) is 0 Å². The number of anilines is 1. The van der Waals surface area contributed by atoms with E-state index in [9.17, 15) is 23.1 Å². The Morgan fingerprint density at radius 3 is 2.68 bits per heavy atom. The van der Waals surface area contributed by atoms with Crippen molar-refractivity contribution in [3.8, 4) is 6.07 Å². The Bertz CT molecular complexity index is 831. The van der Waals surface area contributed by atoms with E-state index in [0.717, 1.165) is 18.9 Å². The van der Waals surface area contributed by atoms with Crippen LogP contribution in [0.3, 0.4) is 0 Å². The lowest BCUT2D eigenvalue weighted by molar-refractivity contribution is -0.137. The number of nitriles is 1. The van der Waals surface area contributed by atoms with Gasteiger partial charge in [0.1, 0.15) is 0 Å². The fraction of sp³-hybridized carbons (Fsp3) is 0.600. The monoisotopic (exact) mass is 393 g/mol. The van der Waals surface area contributed by atoms with Gasteiger partial charge in [0.2, 0.25) is 5.91 Å². The van der Waals surface area contributed by atoms with Crippen molar-refractivity contribution in [1.82, 2.24) is 4.90 Å². The number of aliphatic hydroxyl groups is 1. The number of carbonyl (C=O) groups is 1. The lowest BCUT2D eigenvalue weighted by Crippen LogP contribution is -2.49. The van der Waals surface area contributed by atoms with Gasteiger partial charge in [0.25, 0.3) is 0 Å². The fourth-order valence-electron chi connectivity index (χ4n) is 4.59. The van der Waals surface area contributed by atoms with Crippen LogP contribution in [-0.4, -0.2) is 48.7 Å². The van der Waals surface area contributed by atoms with Crippen molar-refractivity contribution >= 4 is 11.6 Å². The van der Waals surface area contributed by atoms with Gasteiger partial charge in [-0.2, -0.15) is 18.4 Å². The van der Waals surface area contributed by atoms with E-state index < -0.39 is 11.7 Å². The molecule has 4 rings (SSSR count). The van der Waals surface area contributed by atoms with Crippen LogP contribution in [0.25, 0.3) is 0 Å². The number of likely N-dealkylation sites (tertiary alicyclic amines) is 1. The quantitative estimate of drug-likeness (QED) is 0.857. The summed E-state index contributed by atoms with van der Waals surface area (Å²) in [6, 6.07) is 5.39. The van der Waals surface area contributed by atoms with E-state index in [0.29, 0.717) is 38.3 Å². The van der Waals surface area contributed by atoms with Crippen LogP contribution in [0.4, 0.5) is 18.9 Å². The highest BCUT2D eigenvalue weighted by Gasteiger charge is 2.51. The van der Waals surface area contributed by atoms with Gasteiger partial charge in [-0.15, -0.1) is 0 Å². The molecule has 8 heteroatoms. The van der Waals surface area contributed by atoms with E-state index in [2.05, 4.69) is 0 Å². The number of fused-ring (bicyclic) bond motifs is 1. The molecule has 1 aromatic carbocycles. The first-order chi connectivity index (χ1) is 13.3. The molecule has 1 amide bonds. The van der Waals surface area contributed by atoms with Gasteiger partial charge in [-0.3, -0.25) is 4.79 Å². The first-order valence-corrected chi connectivity index (χ1v) is 9.53. The molecule has 0 aromatic heterocycles. The zero-order valence-electron chi connectivity index (χ0n) is 15.4. The zero-order valence-corrected chi connectivity index (χ0v) is 15.4. The molecular weight excluding hydrogens is 371 g/mol. The van der Waals surface area contributed by atoms with Crippen molar-refractivity contribution in [2.45, 2.75) is 25.4 Å². The van der Waals surface area contributed by atoms with E-state index >= 15 is 0 Å². The average Bonchev–Trinajstić information content (AvgIpc) is 3.45. The lowest BCUT2D eigenvalue weighted by Gasteiger charge is -2.43. The predicted octanol–water partition coefficient (Wildman–Crippen LogP) is 2.63. The van der Waals surface area contributed by atoms with Gasteiger partial charge < -0.3 is 14.9 Å². The maximum absolute atomic E-state index is 13.3. The molecule has 1 aliphatic carbocycles. The Morgan fingerprint density at radius 2 is 2.07 bits per heavy atom. The summed E-state index contributed by atoms with van der Waals surface area (Å²) in [5.41, 5.74) is -1.27. The number of rotatable bonds is 3. The highest BCUT2D eigenvalue weighted by Crippen LogP contribution is 2.45. The number of nitrogens with zero attached hydrogens (tertiary/aromatic N) is 3. The smallest absolute Gasteiger partial charge is 0.396 e. The van der Waals surface area contributed by atoms with Crippen molar-refractivity contribution in [1.29, 1.82) is 5.26 Å². The fourth-order valence-corrected chi connectivity index (χ4v) is 4.59. The summed E-state index contributed by atoms with van der Waals surface area (Å²) in [4.78, 5) is 16.2. The molecular formula is C20H22F3N3O2. The van der Waals surface area contributed by atoms with Crippen LogP contribution in [-0.2, 0) is 11.0 Å². The predicted molar refractivity (Wildman–Crippen MR) is 95.3 cm³/mol. The van der Waals surface area contributed by atoms with Gasteiger partial charge in [-0.05, 0) is 37.5 Å². The standard InChI is InChI=1S/C20H22F3N3O2/c21-20(22,23)17-7-16(4-3-14(17)8-24)25-6-5-19(12-27)11-26(10-15(19)9-25)18(28)13-1-2-13/h3-4,7,13,15,27H,1-2,5-6,9-12H2/t15-,19+/m1/s1. The minimum absolute atomic E-state index is 0.0129. The summed E-state index contributed by atoms with van der Waals surface area (Å²) in [6.45, 7) is 2.03. The molecule has 1 N–H and O–H groups in total. The third-order valence-electron chi connectivity index (χ3n) is 6.48. The summed E-state index contributed by atoms with van der Waals surface area (Å²) >= 11 is 0. The van der Waals surface area contributed by atoms with Crippen molar-refractivity contribution < 1.29 is 23.1 Å². The molecule has 28 heavy (non-hydrogen) atoms. The Hall–Kier alpha value is -2.27.